The molecule has 0 aromatic carbocycles. The molecule has 0 unspecified atom stereocenters. The van der Waals surface area contributed by atoms with Crippen LogP contribution in [0.15, 0.2) is 0 Å². The number of piperidine rings is 1. The highest BCUT2D eigenvalue weighted by molar-refractivity contribution is 7.80. The van der Waals surface area contributed by atoms with Gasteiger partial charge in [0.15, 0.2) is 0 Å². The lowest BCUT2D eigenvalue weighted by molar-refractivity contribution is 0.217. The monoisotopic (exact) mass is 199 g/mol. The number of rotatable bonds is 3. The summed E-state index contributed by atoms with van der Waals surface area (Å²) in [6, 6.07) is 0. The minimum Gasteiger partial charge on any atom is -0.393 e. The normalized spacial score (nSPS) is 20.8. The summed E-state index contributed by atoms with van der Waals surface area (Å²) in [7, 11) is 0. The lowest BCUT2D eigenvalue weighted by Gasteiger charge is -2.32. The summed E-state index contributed by atoms with van der Waals surface area (Å²) in [6.07, 6.45) is 2.28. The zero-order chi connectivity index (χ0) is 9.84. The first kappa shape index (κ1) is 10.9. The average molecular weight is 199 g/mol. The SMILES string of the molecule is C[C](C)CN1CCC(C(N)=S)CC1. The molecule has 3 heteroatoms. The van der Waals surface area contributed by atoms with E-state index in [1.165, 1.54) is 5.92 Å². The quantitative estimate of drug-likeness (QED) is 0.700. The van der Waals surface area contributed by atoms with Crippen molar-refractivity contribution in [3.05, 3.63) is 5.92 Å². The summed E-state index contributed by atoms with van der Waals surface area (Å²) in [5.74, 6) is 1.97. The van der Waals surface area contributed by atoms with Crippen LogP contribution in [0, 0.1) is 11.8 Å². The number of nitrogens with zero attached hydrogens (tertiary/aromatic N) is 1. The van der Waals surface area contributed by atoms with Crippen molar-refractivity contribution in [2.24, 2.45) is 11.7 Å². The van der Waals surface area contributed by atoms with Gasteiger partial charge in [0.2, 0.25) is 0 Å². The summed E-state index contributed by atoms with van der Waals surface area (Å²) in [5, 5.41) is 0. The average Bonchev–Trinajstić information content (AvgIpc) is 2.04. The van der Waals surface area contributed by atoms with Crippen LogP contribution in [0.5, 0.6) is 0 Å². The third-order valence-corrected chi connectivity index (χ3v) is 2.86. The summed E-state index contributed by atoms with van der Waals surface area (Å²) >= 11 is 5.00. The molecule has 0 atom stereocenters. The second-order valence-electron chi connectivity index (χ2n) is 4.16. The van der Waals surface area contributed by atoms with Gasteiger partial charge >= 0.3 is 0 Å². The number of likely N-dealkylation sites (tertiary alicyclic amines) is 1. The van der Waals surface area contributed by atoms with Crippen molar-refractivity contribution in [3.8, 4) is 0 Å². The Morgan fingerprint density at radius 1 is 1.38 bits per heavy atom. The molecule has 0 aromatic heterocycles. The van der Waals surface area contributed by atoms with E-state index >= 15 is 0 Å². The summed E-state index contributed by atoms with van der Waals surface area (Å²) in [5.41, 5.74) is 5.62. The van der Waals surface area contributed by atoms with Gasteiger partial charge in [-0.2, -0.15) is 0 Å². The minimum absolute atomic E-state index is 0.489. The summed E-state index contributed by atoms with van der Waals surface area (Å²) < 4.78 is 0. The highest BCUT2D eigenvalue weighted by Gasteiger charge is 2.20. The lowest BCUT2D eigenvalue weighted by atomic mass is 9.96. The Kier molecular flexibility index (Phi) is 4.13. The minimum atomic E-state index is 0.489. The molecule has 1 radical (unpaired) electrons. The molecule has 1 aliphatic rings. The zero-order valence-electron chi connectivity index (χ0n) is 8.55. The smallest absolute Gasteiger partial charge is 0.0759 e. The molecule has 2 nitrogen and oxygen atoms in total. The van der Waals surface area contributed by atoms with Gasteiger partial charge in [-0.3, -0.25) is 0 Å². The van der Waals surface area contributed by atoms with Crippen molar-refractivity contribution >= 4 is 17.2 Å². The fraction of sp³-hybridized carbons (Fsp3) is 0.800. The highest BCUT2D eigenvalue weighted by Crippen LogP contribution is 2.18. The third-order valence-electron chi connectivity index (χ3n) is 2.53. The maximum Gasteiger partial charge on any atom is 0.0759 e. The topological polar surface area (TPSA) is 29.3 Å². The van der Waals surface area contributed by atoms with E-state index < -0.39 is 0 Å². The van der Waals surface area contributed by atoms with Crippen LogP contribution in [0.2, 0.25) is 0 Å². The van der Waals surface area contributed by atoms with E-state index in [0.717, 1.165) is 32.5 Å². The van der Waals surface area contributed by atoms with E-state index in [0.29, 0.717) is 10.9 Å². The predicted molar refractivity (Wildman–Crippen MR) is 60.5 cm³/mol. The van der Waals surface area contributed by atoms with Crippen LogP contribution in [0.4, 0.5) is 0 Å². The molecule has 0 aliphatic carbocycles. The number of hydrogen-bond donors (Lipinski definition) is 1. The van der Waals surface area contributed by atoms with Crippen molar-refractivity contribution in [2.45, 2.75) is 26.7 Å². The molecule has 1 rings (SSSR count). The Labute approximate surface area is 86.5 Å². The van der Waals surface area contributed by atoms with Crippen molar-refractivity contribution in [1.82, 2.24) is 4.90 Å². The van der Waals surface area contributed by atoms with Crippen LogP contribution in [-0.4, -0.2) is 29.5 Å². The van der Waals surface area contributed by atoms with Gasteiger partial charge in [-0.05, 0) is 31.8 Å². The number of nitrogens with two attached hydrogens (primary N) is 1. The Morgan fingerprint density at radius 2 is 1.92 bits per heavy atom. The summed E-state index contributed by atoms with van der Waals surface area (Å²) in [4.78, 5) is 3.18. The van der Waals surface area contributed by atoms with Gasteiger partial charge in [0.25, 0.3) is 0 Å². The van der Waals surface area contributed by atoms with Gasteiger partial charge in [0.05, 0.1) is 4.99 Å². The molecule has 0 aromatic rings. The first-order valence-corrected chi connectivity index (χ1v) is 5.31. The molecule has 13 heavy (non-hydrogen) atoms. The molecular weight excluding hydrogens is 180 g/mol. The molecule has 0 bridgehead atoms. The van der Waals surface area contributed by atoms with E-state index in [-0.39, 0.29) is 0 Å². The molecule has 75 valence electrons. The standard InChI is InChI=1S/C10H19N2S/c1-8(2)7-12-5-3-9(4-6-12)10(11)13/h9H,3-7H2,1-2H3,(H2,11,13). The number of hydrogen-bond acceptors (Lipinski definition) is 2. The molecule has 0 spiro atoms. The molecule has 1 heterocycles. The predicted octanol–water partition coefficient (Wildman–Crippen LogP) is 1.60. The van der Waals surface area contributed by atoms with Gasteiger partial charge in [-0.1, -0.05) is 26.1 Å². The van der Waals surface area contributed by atoms with Crippen LogP contribution in [-0.2, 0) is 0 Å². The second kappa shape index (κ2) is 4.91. The van der Waals surface area contributed by atoms with Gasteiger partial charge in [-0.15, -0.1) is 0 Å². The maximum atomic E-state index is 5.62. The van der Waals surface area contributed by atoms with Crippen molar-refractivity contribution in [1.29, 1.82) is 0 Å². The fourth-order valence-electron chi connectivity index (χ4n) is 1.82. The molecular formula is C10H19N2S. The lowest BCUT2D eigenvalue weighted by Crippen LogP contribution is -2.39. The molecule has 1 fully saturated rings. The zero-order valence-corrected chi connectivity index (χ0v) is 9.36. The van der Waals surface area contributed by atoms with Crippen LogP contribution in [0.3, 0.4) is 0 Å². The van der Waals surface area contributed by atoms with Gasteiger partial charge in [-0.25, -0.2) is 0 Å². The molecule has 0 amide bonds. The summed E-state index contributed by atoms with van der Waals surface area (Å²) in [6.45, 7) is 7.78. The Hall–Kier alpha value is -0.150. The highest BCUT2D eigenvalue weighted by atomic mass is 32.1. The van der Waals surface area contributed by atoms with Gasteiger partial charge in [0, 0.05) is 12.5 Å². The Morgan fingerprint density at radius 3 is 2.31 bits per heavy atom. The van der Waals surface area contributed by atoms with Crippen LogP contribution >= 0.6 is 12.2 Å². The van der Waals surface area contributed by atoms with E-state index in [2.05, 4.69) is 18.7 Å². The van der Waals surface area contributed by atoms with E-state index in [1.54, 1.807) is 0 Å². The van der Waals surface area contributed by atoms with E-state index in [1.807, 2.05) is 0 Å². The maximum absolute atomic E-state index is 5.62. The molecule has 1 saturated heterocycles. The van der Waals surface area contributed by atoms with Gasteiger partial charge in [0.1, 0.15) is 0 Å². The third kappa shape index (κ3) is 3.61. The largest absolute Gasteiger partial charge is 0.393 e. The van der Waals surface area contributed by atoms with Crippen molar-refractivity contribution in [3.63, 3.8) is 0 Å². The van der Waals surface area contributed by atoms with Crippen LogP contribution in [0.1, 0.15) is 26.7 Å². The van der Waals surface area contributed by atoms with Crippen molar-refractivity contribution < 1.29 is 0 Å². The molecule has 2 N–H and O–H groups in total. The fourth-order valence-corrected chi connectivity index (χ4v) is 2.06. The Bertz CT molecular complexity index is 172. The van der Waals surface area contributed by atoms with Gasteiger partial charge < -0.3 is 10.6 Å². The molecule has 1 aliphatic heterocycles. The first-order valence-electron chi connectivity index (χ1n) is 4.90. The van der Waals surface area contributed by atoms with E-state index in [9.17, 15) is 0 Å². The second-order valence-corrected chi connectivity index (χ2v) is 4.63. The van der Waals surface area contributed by atoms with Crippen molar-refractivity contribution in [2.75, 3.05) is 19.6 Å². The first-order chi connectivity index (χ1) is 6.09. The molecule has 0 saturated carbocycles. The van der Waals surface area contributed by atoms with Crippen LogP contribution in [0.25, 0.3) is 0 Å². The van der Waals surface area contributed by atoms with E-state index in [4.69, 9.17) is 18.0 Å². The van der Waals surface area contributed by atoms with Crippen LogP contribution < -0.4 is 5.73 Å². The Balaban J connectivity index is 2.26. The number of thiocarbonyl (C=S) groups is 1.